The molecule has 1 aromatic heterocycles. The zero-order valence-electron chi connectivity index (χ0n) is 17.6. The molecule has 0 bridgehead atoms. The number of alkyl halides is 3. The standard InChI is InChI=1S/C23H25F3N4O2/c24-23(25,26)17-6-2-15(3-7-17)13-30-9-1-8-29-14-18(10-20(29)22(30)31)32-21-12-27-19(11-28-21)16-4-5-16/h2-3,6-7,11-12,16,18,20H,1,4-5,8-10,13-14H2/t18-,20+/m0/s1. The fourth-order valence-corrected chi connectivity index (χ4v) is 4.56. The van der Waals surface area contributed by atoms with E-state index in [-0.39, 0.29) is 18.1 Å². The third-order valence-electron chi connectivity index (χ3n) is 6.42. The third-order valence-corrected chi connectivity index (χ3v) is 6.42. The number of aromatic nitrogens is 2. The Labute approximate surface area is 184 Å². The van der Waals surface area contributed by atoms with Crippen molar-refractivity contribution in [3.05, 3.63) is 53.5 Å². The Morgan fingerprint density at radius 1 is 1.06 bits per heavy atom. The van der Waals surface area contributed by atoms with Gasteiger partial charge in [-0.05, 0) is 37.0 Å². The summed E-state index contributed by atoms with van der Waals surface area (Å²) in [6.45, 7) is 2.33. The first-order valence-electron chi connectivity index (χ1n) is 11.0. The second kappa shape index (κ2) is 8.35. The van der Waals surface area contributed by atoms with Crippen LogP contribution in [0.3, 0.4) is 0 Å². The highest BCUT2D eigenvalue weighted by atomic mass is 19.4. The number of fused-ring (bicyclic) bond motifs is 1. The van der Waals surface area contributed by atoms with Crippen LogP contribution in [0.25, 0.3) is 0 Å². The SMILES string of the molecule is O=C1[C@H]2C[C@H](Oc3cnc(C4CC4)cn3)CN2CCCN1Cc1ccc(C(F)(F)F)cc1. The van der Waals surface area contributed by atoms with Gasteiger partial charge in [0.2, 0.25) is 11.8 Å². The summed E-state index contributed by atoms with van der Waals surface area (Å²) in [4.78, 5) is 25.9. The number of ether oxygens (including phenoxy) is 1. The van der Waals surface area contributed by atoms with E-state index in [4.69, 9.17) is 4.74 Å². The highest BCUT2D eigenvalue weighted by Gasteiger charge is 2.41. The largest absolute Gasteiger partial charge is 0.472 e. The van der Waals surface area contributed by atoms with E-state index < -0.39 is 11.7 Å². The summed E-state index contributed by atoms with van der Waals surface area (Å²) in [5.41, 5.74) is 1.02. The van der Waals surface area contributed by atoms with Crippen molar-refractivity contribution in [1.29, 1.82) is 0 Å². The maximum absolute atomic E-state index is 13.2. The lowest BCUT2D eigenvalue weighted by atomic mass is 10.1. The molecule has 2 aliphatic heterocycles. The molecule has 2 saturated heterocycles. The summed E-state index contributed by atoms with van der Waals surface area (Å²) >= 11 is 0. The van der Waals surface area contributed by atoms with E-state index in [0.29, 0.717) is 43.4 Å². The fraction of sp³-hybridized carbons (Fsp3) is 0.522. The van der Waals surface area contributed by atoms with E-state index in [0.717, 1.165) is 30.8 Å². The minimum atomic E-state index is -4.36. The molecule has 6 nitrogen and oxygen atoms in total. The second-order valence-electron chi connectivity index (χ2n) is 8.85. The molecule has 2 aromatic rings. The van der Waals surface area contributed by atoms with Gasteiger partial charge in [0, 0.05) is 38.5 Å². The minimum Gasteiger partial charge on any atom is -0.472 e. The van der Waals surface area contributed by atoms with Crippen LogP contribution in [0.4, 0.5) is 13.2 Å². The lowest BCUT2D eigenvalue weighted by molar-refractivity contribution is -0.138. The van der Waals surface area contributed by atoms with Crippen molar-refractivity contribution in [2.45, 2.75) is 56.5 Å². The first-order chi connectivity index (χ1) is 15.4. The fourth-order valence-electron chi connectivity index (χ4n) is 4.56. The number of hydrogen-bond acceptors (Lipinski definition) is 5. The summed E-state index contributed by atoms with van der Waals surface area (Å²) in [6, 6.07) is 4.75. The molecule has 0 spiro atoms. The number of nitrogens with zero attached hydrogens (tertiary/aromatic N) is 4. The highest BCUT2D eigenvalue weighted by molar-refractivity contribution is 5.82. The van der Waals surface area contributed by atoms with E-state index in [9.17, 15) is 18.0 Å². The van der Waals surface area contributed by atoms with E-state index in [1.54, 1.807) is 17.3 Å². The van der Waals surface area contributed by atoms with Crippen molar-refractivity contribution in [3.63, 3.8) is 0 Å². The molecule has 0 N–H and O–H groups in total. The summed E-state index contributed by atoms with van der Waals surface area (Å²) < 4.78 is 44.4. The Morgan fingerprint density at radius 3 is 2.50 bits per heavy atom. The Balaban J connectivity index is 1.21. The number of benzene rings is 1. The number of hydrogen-bond donors (Lipinski definition) is 0. The van der Waals surface area contributed by atoms with Gasteiger partial charge in [0.25, 0.3) is 0 Å². The summed E-state index contributed by atoms with van der Waals surface area (Å²) in [5, 5.41) is 0. The van der Waals surface area contributed by atoms with Crippen molar-refractivity contribution >= 4 is 5.91 Å². The first kappa shape index (κ1) is 21.2. The molecule has 3 aliphatic rings. The van der Waals surface area contributed by atoms with Gasteiger partial charge in [-0.1, -0.05) is 12.1 Å². The predicted octanol–water partition coefficient (Wildman–Crippen LogP) is 3.63. The van der Waals surface area contributed by atoms with E-state index in [2.05, 4.69) is 14.9 Å². The first-order valence-corrected chi connectivity index (χ1v) is 11.0. The quantitative estimate of drug-likeness (QED) is 0.702. The molecule has 170 valence electrons. The monoisotopic (exact) mass is 446 g/mol. The molecular weight excluding hydrogens is 421 g/mol. The zero-order chi connectivity index (χ0) is 22.3. The maximum atomic E-state index is 13.2. The van der Waals surface area contributed by atoms with Crippen LogP contribution in [0.15, 0.2) is 36.7 Å². The molecule has 1 aliphatic carbocycles. The van der Waals surface area contributed by atoms with Crippen molar-refractivity contribution in [2.24, 2.45) is 0 Å². The average molecular weight is 446 g/mol. The number of halogens is 3. The lowest BCUT2D eigenvalue weighted by Gasteiger charge is -2.25. The molecule has 1 saturated carbocycles. The molecule has 32 heavy (non-hydrogen) atoms. The van der Waals surface area contributed by atoms with Crippen molar-refractivity contribution < 1.29 is 22.7 Å². The Morgan fingerprint density at radius 2 is 1.84 bits per heavy atom. The van der Waals surface area contributed by atoms with Gasteiger partial charge in [-0.3, -0.25) is 14.7 Å². The molecular formula is C23H25F3N4O2. The normalized spacial score (nSPS) is 24.3. The van der Waals surface area contributed by atoms with Crippen LogP contribution in [-0.2, 0) is 17.5 Å². The Hall–Kier alpha value is -2.68. The van der Waals surface area contributed by atoms with Gasteiger partial charge in [-0.2, -0.15) is 13.2 Å². The third kappa shape index (κ3) is 4.57. The van der Waals surface area contributed by atoms with Gasteiger partial charge in [0.05, 0.1) is 29.7 Å². The zero-order valence-corrected chi connectivity index (χ0v) is 17.6. The topological polar surface area (TPSA) is 58.6 Å². The van der Waals surface area contributed by atoms with Crippen LogP contribution in [0, 0.1) is 0 Å². The van der Waals surface area contributed by atoms with E-state index >= 15 is 0 Å². The summed E-state index contributed by atoms with van der Waals surface area (Å²) in [6.07, 6.45) is 2.64. The van der Waals surface area contributed by atoms with Crippen LogP contribution in [0.2, 0.25) is 0 Å². The number of amides is 1. The molecule has 0 unspecified atom stereocenters. The van der Waals surface area contributed by atoms with Crippen LogP contribution in [0.5, 0.6) is 5.88 Å². The molecule has 2 atom stereocenters. The number of carbonyl (C=O) groups excluding carboxylic acids is 1. The predicted molar refractivity (Wildman–Crippen MR) is 110 cm³/mol. The van der Waals surface area contributed by atoms with Gasteiger partial charge < -0.3 is 9.64 Å². The molecule has 1 amide bonds. The van der Waals surface area contributed by atoms with Gasteiger partial charge in [-0.15, -0.1) is 0 Å². The second-order valence-corrected chi connectivity index (χ2v) is 8.85. The highest BCUT2D eigenvalue weighted by Crippen LogP contribution is 2.38. The Bertz CT molecular complexity index is 961. The molecule has 0 radical (unpaired) electrons. The van der Waals surface area contributed by atoms with Gasteiger partial charge in [-0.25, -0.2) is 4.98 Å². The number of rotatable bonds is 5. The van der Waals surface area contributed by atoms with E-state index in [1.165, 1.54) is 25.0 Å². The van der Waals surface area contributed by atoms with Crippen molar-refractivity contribution in [3.8, 4) is 5.88 Å². The molecule has 3 heterocycles. The molecule has 5 rings (SSSR count). The number of carbonyl (C=O) groups is 1. The summed E-state index contributed by atoms with van der Waals surface area (Å²) in [5.74, 6) is 1.02. The maximum Gasteiger partial charge on any atom is 0.416 e. The van der Waals surface area contributed by atoms with E-state index in [1.807, 2.05) is 0 Å². The molecule has 1 aromatic carbocycles. The van der Waals surface area contributed by atoms with Crippen LogP contribution in [-0.4, -0.2) is 57.5 Å². The van der Waals surface area contributed by atoms with Crippen molar-refractivity contribution in [1.82, 2.24) is 19.8 Å². The minimum absolute atomic E-state index is 0.00339. The van der Waals surface area contributed by atoms with Gasteiger partial charge >= 0.3 is 6.18 Å². The Kier molecular flexibility index (Phi) is 5.53. The smallest absolute Gasteiger partial charge is 0.416 e. The van der Waals surface area contributed by atoms with Crippen LogP contribution in [0.1, 0.15) is 48.4 Å². The lowest BCUT2D eigenvalue weighted by Crippen LogP contribution is -2.42. The molecule has 9 heteroatoms. The average Bonchev–Trinajstić information content (AvgIpc) is 3.55. The van der Waals surface area contributed by atoms with Crippen molar-refractivity contribution in [2.75, 3.05) is 19.6 Å². The van der Waals surface area contributed by atoms with Crippen LogP contribution < -0.4 is 4.74 Å². The summed E-state index contributed by atoms with van der Waals surface area (Å²) in [7, 11) is 0. The molecule has 3 fully saturated rings. The van der Waals surface area contributed by atoms with Crippen LogP contribution >= 0.6 is 0 Å². The van der Waals surface area contributed by atoms with Gasteiger partial charge in [0.15, 0.2) is 0 Å². The van der Waals surface area contributed by atoms with Gasteiger partial charge in [0.1, 0.15) is 6.10 Å².